The van der Waals surface area contributed by atoms with Crippen LogP contribution in [-0.4, -0.2) is 28.6 Å². The Hall–Kier alpha value is -1.55. The lowest BCUT2D eigenvalue weighted by Crippen LogP contribution is -2.44. The summed E-state index contributed by atoms with van der Waals surface area (Å²) < 4.78 is 0. The van der Waals surface area contributed by atoms with Gasteiger partial charge in [-0.3, -0.25) is 0 Å². The number of benzene rings is 1. The number of carbonyl (C=O) groups excluding carboxylic acids is 1. The van der Waals surface area contributed by atoms with Crippen LogP contribution in [0.15, 0.2) is 24.3 Å². The SMILES string of the molecule is CC(O)c1ccc(NC(=O)N2CCCCC2C)cc1. The highest BCUT2D eigenvalue weighted by Gasteiger charge is 2.22. The summed E-state index contributed by atoms with van der Waals surface area (Å²) in [6, 6.07) is 7.60. The average molecular weight is 262 g/mol. The number of hydrogen-bond acceptors (Lipinski definition) is 2. The molecule has 0 aliphatic carbocycles. The van der Waals surface area contributed by atoms with Gasteiger partial charge in [0.05, 0.1) is 6.10 Å². The molecule has 19 heavy (non-hydrogen) atoms. The Bertz CT molecular complexity index is 428. The van der Waals surface area contributed by atoms with Gasteiger partial charge in [0.1, 0.15) is 0 Å². The van der Waals surface area contributed by atoms with Crippen molar-refractivity contribution in [1.82, 2.24) is 4.90 Å². The predicted molar refractivity (Wildman–Crippen MR) is 76.1 cm³/mol. The highest BCUT2D eigenvalue weighted by Crippen LogP contribution is 2.19. The molecule has 0 radical (unpaired) electrons. The Morgan fingerprint density at radius 1 is 1.37 bits per heavy atom. The van der Waals surface area contributed by atoms with Gasteiger partial charge in [0, 0.05) is 18.3 Å². The van der Waals surface area contributed by atoms with Crippen molar-refractivity contribution in [3.05, 3.63) is 29.8 Å². The number of carbonyl (C=O) groups is 1. The Labute approximate surface area is 114 Å². The Morgan fingerprint density at radius 2 is 2.05 bits per heavy atom. The minimum Gasteiger partial charge on any atom is -0.389 e. The summed E-state index contributed by atoms with van der Waals surface area (Å²) in [6.07, 6.45) is 2.88. The van der Waals surface area contributed by atoms with E-state index in [0.29, 0.717) is 6.04 Å². The zero-order chi connectivity index (χ0) is 13.8. The maximum atomic E-state index is 12.2. The zero-order valence-corrected chi connectivity index (χ0v) is 11.6. The first-order valence-corrected chi connectivity index (χ1v) is 6.93. The second-order valence-electron chi connectivity index (χ2n) is 5.27. The highest BCUT2D eigenvalue weighted by molar-refractivity contribution is 5.89. The second-order valence-corrected chi connectivity index (χ2v) is 5.27. The first-order chi connectivity index (χ1) is 9.08. The van der Waals surface area contributed by atoms with Crippen molar-refractivity contribution in [2.45, 2.75) is 45.3 Å². The molecule has 2 rings (SSSR count). The monoisotopic (exact) mass is 262 g/mol. The molecular formula is C15H22N2O2. The lowest BCUT2D eigenvalue weighted by atomic mass is 10.0. The molecule has 0 saturated carbocycles. The van der Waals surface area contributed by atoms with E-state index in [4.69, 9.17) is 0 Å². The normalized spacial score (nSPS) is 21.0. The smallest absolute Gasteiger partial charge is 0.322 e. The largest absolute Gasteiger partial charge is 0.389 e. The van der Waals surface area contributed by atoms with Gasteiger partial charge >= 0.3 is 6.03 Å². The van der Waals surface area contributed by atoms with Crippen LogP contribution in [0, 0.1) is 0 Å². The molecule has 1 aliphatic heterocycles. The van der Waals surface area contributed by atoms with Crippen molar-refractivity contribution >= 4 is 11.7 Å². The van der Waals surface area contributed by atoms with Gasteiger partial charge in [-0.2, -0.15) is 0 Å². The van der Waals surface area contributed by atoms with E-state index in [1.54, 1.807) is 6.92 Å². The van der Waals surface area contributed by atoms with Crippen LogP contribution in [0.1, 0.15) is 44.8 Å². The van der Waals surface area contributed by atoms with E-state index in [1.807, 2.05) is 29.2 Å². The molecule has 0 spiro atoms. The van der Waals surface area contributed by atoms with Crippen LogP contribution in [0.5, 0.6) is 0 Å². The van der Waals surface area contributed by atoms with Gasteiger partial charge in [-0.05, 0) is 50.8 Å². The molecule has 0 aromatic heterocycles. The number of rotatable bonds is 2. The van der Waals surface area contributed by atoms with Crippen molar-refractivity contribution < 1.29 is 9.90 Å². The van der Waals surface area contributed by atoms with E-state index < -0.39 is 6.10 Å². The lowest BCUT2D eigenvalue weighted by Gasteiger charge is -2.33. The second kappa shape index (κ2) is 6.06. The van der Waals surface area contributed by atoms with Crippen molar-refractivity contribution in [2.24, 2.45) is 0 Å². The first-order valence-electron chi connectivity index (χ1n) is 6.93. The van der Waals surface area contributed by atoms with Gasteiger partial charge in [0.15, 0.2) is 0 Å². The summed E-state index contributed by atoms with van der Waals surface area (Å²) in [7, 11) is 0. The van der Waals surface area contributed by atoms with Crippen LogP contribution in [0.4, 0.5) is 10.5 Å². The summed E-state index contributed by atoms with van der Waals surface area (Å²) in [5, 5.41) is 12.4. The van der Waals surface area contributed by atoms with Crippen LogP contribution >= 0.6 is 0 Å². The van der Waals surface area contributed by atoms with Crippen molar-refractivity contribution in [2.75, 3.05) is 11.9 Å². The number of nitrogens with one attached hydrogen (secondary N) is 1. The summed E-state index contributed by atoms with van der Waals surface area (Å²) in [5.74, 6) is 0. The fraction of sp³-hybridized carbons (Fsp3) is 0.533. The Kier molecular flexibility index (Phi) is 4.43. The summed E-state index contributed by atoms with van der Waals surface area (Å²) in [5.41, 5.74) is 1.62. The predicted octanol–water partition coefficient (Wildman–Crippen LogP) is 3.15. The van der Waals surface area contributed by atoms with Gasteiger partial charge in [0.25, 0.3) is 0 Å². The van der Waals surface area contributed by atoms with Crippen LogP contribution in [-0.2, 0) is 0 Å². The fourth-order valence-corrected chi connectivity index (χ4v) is 2.44. The molecule has 1 aliphatic rings. The number of aliphatic hydroxyl groups is 1. The van der Waals surface area contributed by atoms with Gasteiger partial charge < -0.3 is 15.3 Å². The standard InChI is InChI=1S/C15H22N2O2/c1-11-5-3-4-10-17(11)15(19)16-14-8-6-13(7-9-14)12(2)18/h6-9,11-12,18H,3-5,10H2,1-2H3,(H,16,19). The van der Waals surface area contributed by atoms with E-state index >= 15 is 0 Å². The lowest BCUT2D eigenvalue weighted by molar-refractivity contribution is 0.170. The van der Waals surface area contributed by atoms with E-state index in [2.05, 4.69) is 12.2 Å². The highest BCUT2D eigenvalue weighted by atomic mass is 16.3. The molecule has 2 amide bonds. The third kappa shape index (κ3) is 3.47. The summed E-state index contributed by atoms with van der Waals surface area (Å²) >= 11 is 0. The molecule has 1 heterocycles. The third-order valence-electron chi connectivity index (χ3n) is 3.71. The minimum absolute atomic E-state index is 0.0306. The number of amides is 2. The number of nitrogens with zero attached hydrogens (tertiary/aromatic N) is 1. The quantitative estimate of drug-likeness (QED) is 0.860. The zero-order valence-electron chi connectivity index (χ0n) is 11.6. The van der Waals surface area contributed by atoms with Crippen molar-refractivity contribution in [3.8, 4) is 0 Å². The maximum Gasteiger partial charge on any atom is 0.322 e. The number of piperidine rings is 1. The van der Waals surface area contributed by atoms with Crippen LogP contribution in [0.3, 0.4) is 0 Å². The van der Waals surface area contributed by atoms with Crippen LogP contribution in [0.25, 0.3) is 0 Å². The molecule has 4 nitrogen and oxygen atoms in total. The Balaban J connectivity index is 1.98. The number of hydrogen-bond donors (Lipinski definition) is 2. The van der Waals surface area contributed by atoms with E-state index in [0.717, 1.165) is 30.6 Å². The van der Waals surface area contributed by atoms with E-state index in [9.17, 15) is 9.90 Å². The summed E-state index contributed by atoms with van der Waals surface area (Å²) in [6.45, 7) is 4.65. The minimum atomic E-state index is -0.480. The molecule has 0 bridgehead atoms. The van der Waals surface area contributed by atoms with Gasteiger partial charge in [-0.25, -0.2) is 4.79 Å². The molecule has 104 valence electrons. The number of urea groups is 1. The molecule has 2 unspecified atom stereocenters. The Morgan fingerprint density at radius 3 is 2.63 bits per heavy atom. The first kappa shape index (κ1) is 13.9. The molecule has 4 heteroatoms. The number of anilines is 1. The molecule has 2 atom stereocenters. The average Bonchev–Trinajstić information content (AvgIpc) is 2.39. The summed E-state index contributed by atoms with van der Waals surface area (Å²) in [4.78, 5) is 14.1. The topological polar surface area (TPSA) is 52.6 Å². The number of aliphatic hydroxyl groups excluding tert-OH is 1. The molecule has 1 saturated heterocycles. The molecule has 1 aromatic carbocycles. The third-order valence-corrected chi connectivity index (χ3v) is 3.71. The van der Waals surface area contributed by atoms with Crippen molar-refractivity contribution in [1.29, 1.82) is 0 Å². The van der Waals surface area contributed by atoms with Crippen LogP contribution in [0.2, 0.25) is 0 Å². The van der Waals surface area contributed by atoms with Gasteiger partial charge in [-0.1, -0.05) is 12.1 Å². The van der Waals surface area contributed by atoms with Crippen molar-refractivity contribution in [3.63, 3.8) is 0 Å². The van der Waals surface area contributed by atoms with Crippen LogP contribution < -0.4 is 5.32 Å². The van der Waals surface area contributed by atoms with E-state index in [-0.39, 0.29) is 6.03 Å². The molecule has 1 fully saturated rings. The van der Waals surface area contributed by atoms with Gasteiger partial charge in [-0.15, -0.1) is 0 Å². The van der Waals surface area contributed by atoms with E-state index in [1.165, 1.54) is 6.42 Å². The number of likely N-dealkylation sites (tertiary alicyclic amines) is 1. The fourth-order valence-electron chi connectivity index (χ4n) is 2.44. The maximum absolute atomic E-state index is 12.2. The van der Waals surface area contributed by atoms with Gasteiger partial charge in [0.2, 0.25) is 0 Å². The molecular weight excluding hydrogens is 240 g/mol. The molecule has 1 aromatic rings. The molecule has 2 N–H and O–H groups in total.